The lowest BCUT2D eigenvalue weighted by molar-refractivity contribution is -0.130. The minimum Gasteiger partial charge on any atom is -0.394 e. The predicted molar refractivity (Wildman–Crippen MR) is 100 cm³/mol. The van der Waals surface area contributed by atoms with Gasteiger partial charge in [0.15, 0.2) is 0 Å². The molecule has 4 nitrogen and oxygen atoms in total. The zero-order chi connectivity index (χ0) is 18.2. The fourth-order valence-corrected chi connectivity index (χ4v) is 3.96. The molecule has 25 heavy (non-hydrogen) atoms. The van der Waals surface area contributed by atoms with Gasteiger partial charge < -0.3 is 15.2 Å². The molecule has 4 heteroatoms. The van der Waals surface area contributed by atoms with Crippen LogP contribution in [0.3, 0.4) is 0 Å². The number of nitrogens with one attached hydrogen (secondary N) is 1. The summed E-state index contributed by atoms with van der Waals surface area (Å²) in [5, 5.41) is 12.2. The Kier molecular flexibility index (Phi) is 7.91. The van der Waals surface area contributed by atoms with Crippen molar-refractivity contribution < 1.29 is 14.6 Å². The molecule has 1 fully saturated rings. The van der Waals surface area contributed by atoms with Gasteiger partial charge in [0, 0.05) is 12.5 Å². The smallest absolute Gasteiger partial charge is 0.223 e. The van der Waals surface area contributed by atoms with Crippen molar-refractivity contribution >= 4 is 5.91 Å². The molecule has 1 amide bonds. The third kappa shape index (κ3) is 5.82. The number of rotatable bonds is 8. The van der Waals surface area contributed by atoms with E-state index in [9.17, 15) is 4.79 Å². The van der Waals surface area contributed by atoms with Gasteiger partial charge in [0.05, 0.1) is 19.3 Å². The zero-order valence-electron chi connectivity index (χ0n) is 15.8. The topological polar surface area (TPSA) is 58.6 Å². The van der Waals surface area contributed by atoms with E-state index >= 15 is 0 Å². The van der Waals surface area contributed by atoms with Crippen molar-refractivity contribution in [3.63, 3.8) is 0 Å². The van der Waals surface area contributed by atoms with Crippen LogP contribution in [0.4, 0.5) is 0 Å². The largest absolute Gasteiger partial charge is 0.394 e. The Morgan fingerprint density at radius 1 is 1.28 bits per heavy atom. The molecule has 0 radical (unpaired) electrons. The van der Waals surface area contributed by atoms with Gasteiger partial charge in [-0.25, -0.2) is 0 Å². The summed E-state index contributed by atoms with van der Waals surface area (Å²) >= 11 is 0. The first-order valence-corrected chi connectivity index (χ1v) is 9.58. The third-order valence-electron chi connectivity index (χ3n) is 5.40. The number of aliphatic hydroxyl groups excluding tert-OH is 1. The monoisotopic (exact) mass is 347 g/mol. The summed E-state index contributed by atoms with van der Waals surface area (Å²) in [4.78, 5) is 12.9. The molecule has 4 atom stereocenters. The van der Waals surface area contributed by atoms with Gasteiger partial charge in [-0.3, -0.25) is 4.79 Å². The summed E-state index contributed by atoms with van der Waals surface area (Å²) in [5.74, 6) is 1.85. The molecule has 2 N–H and O–H groups in total. The van der Waals surface area contributed by atoms with Crippen LogP contribution >= 0.6 is 0 Å². The molecule has 0 bridgehead atoms. The first kappa shape index (κ1) is 19.9. The Labute approximate surface area is 152 Å². The maximum absolute atomic E-state index is 12.9. The molecule has 0 aromatic heterocycles. The summed E-state index contributed by atoms with van der Waals surface area (Å²) in [5.41, 5.74) is 1.02. The summed E-state index contributed by atoms with van der Waals surface area (Å²) in [6, 6.07) is 9.87. The minimum atomic E-state index is -0.226. The number of carbonyl (C=O) groups excluding carboxylic acids is 1. The van der Waals surface area contributed by atoms with Gasteiger partial charge in [0.25, 0.3) is 0 Å². The van der Waals surface area contributed by atoms with Crippen molar-refractivity contribution in [1.29, 1.82) is 0 Å². The maximum Gasteiger partial charge on any atom is 0.223 e. The van der Waals surface area contributed by atoms with Crippen molar-refractivity contribution in [2.45, 2.75) is 46.1 Å². The van der Waals surface area contributed by atoms with Crippen molar-refractivity contribution in [2.24, 2.45) is 23.7 Å². The highest BCUT2D eigenvalue weighted by Gasteiger charge is 2.35. The second-order valence-corrected chi connectivity index (χ2v) is 7.67. The Bertz CT molecular complexity index is 517. The first-order chi connectivity index (χ1) is 12.0. The standard InChI is InChI=1S/C21H33NO3/c1-15(2)18-10-9-16(3)13-19(18)21(24)22-14-20(25-12-11-23)17-7-5-4-6-8-17/h4-8,15-16,18-20,23H,9-14H2,1-3H3,(H,22,24)/t16?,18-,19+,20?/m0/s1. The zero-order valence-corrected chi connectivity index (χ0v) is 15.8. The Balaban J connectivity index is 1.99. The van der Waals surface area contributed by atoms with Crippen LogP contribution in [0.2, 0.25) is 0 Å². The third-order valence-corrected chi connectivity index (χ3v) is 5.40. The Hall–Kier alpha value is -1.39. The number of hydrogen-bond acceptors (Lipinski definition) is 3. The van der Waals surface area contributed by atoms with Crippen LogP contribution in [-0.4, -0.2) is 30.8 Å². The van der Waals surface area contributed by atoms with Gasteiger partial charge in [-0.05, 0) is 36.2 Å². The molecule has 1 aromatic rings. The highest BCUT2D eigenvalue weighted by atomic mass is 16.5. The van der Waals surface area contributed by atoms with Crippen molar-refractivity contribution in [2.75, 3.05) is 19.8 Å². The molecule has 0 heterocycles. The van der Waals surface area contributed by atoms with Crippen LogP contribution in [-0.2, 0) is 9.53 Å². The van der Waals surface area contributed by atoms with Gasteiger partial charge in [-0.15, -0.1) is 0 Å². The minimum absolute atomic E-state index is 0.0210. The van der Waals surface area contributed by atoms with Gasteiger partial charge in [0.1, 0.15) is 0 Å². The predicted octanol–water partition coefficient (Wildman–Crippen LogP) is 3.56. The normalized spacial score (nSPS) is 24.9. The molecule has 0 saturated heterocycles. The molecule has 1 aliphatic rings. The molecule has 2 unspecified atom stereocenters. The number of aliphatic hydroxyl groups is 1. The van der Waals surface area contributed by atoms with Crippen LogP contribution in [0.5, 0.6) is 0 Å². The number of ether oxygens (including phenoxy) is 1. The number of carbonyl (C=O) groups is 1. The lowest BCUT2D eigenvalue weighted by Gasteiger charge is -2.36. The van der Waals surface area contributed by atoms with Crippen molar-refractivity contribution in [3.8, 4) is 0 Å². The van der Waals surface area contributed by atoms with Gasteiger partial charge in [-0.1, -0.05) is 57.5 Å². The van der Waals surface area contributed by atoms with E-state index in [1.807, 2.05) is 30.3 Å². The number of amides is 1. The molecular weight excluding hydrogens is 314 g/mol. The van der Waals surface area contributed by atoms with Gasteiger partial charge in [0.2, 0.25) is 5.91 Å². The van der Waals surface area contributed by atoms with Crippen LogP contribution in [0, 0.1) is 23.7 Å². The second-order valence-electron chi connectivity index (χ2n) is 7.67. The van der Waals surface area contributed by atoms with E-state index in [0.717, 1.165) is 18.4 Å². The van der Waals surface area contributed by atoms with E-state index < -0.39 is 0 Å². The quantitative estimate of drug-likeness (QED) is 0.756. The molecule has 0 spiro atoms. The van der Waals surface area contributed by atoms with E-state index in [1.54, 1.807) is 0 Å². The highest BCUT2D eigenvalue weighted by molar-refractivity contribution is 5.79. The molecular formula is C21H33NO3. The summed E-state index contributed by atoms with van der Waals surface area (Å²) in [7, 11) is 0. The van der Waals surface area contributed by atoms with E-state index in [1.165, 1.54) is 6.42 Å². The van der Waals surface area contributed by atoms with E-state index in [2.05, 4.69) is 26.1 Å². The summed E-state index contributed by atoms with van der Waals surface area (Å²) in [6.07, 6.45) is 3.11. The van der Waals surface area contributed by atoms with Gasteiger partial charge in [-0.2, -0.15) is 0 Å². The maximum atomic E-state index is 12.9. The fourth-order valence-electron chi connectivity index (χ4n) is 3.96. The summed E-state index contributed by atoms with van der Waals surface area (Å²) in [6.45, 7) is 7.37. The molecule has 140 valence electrons. The Morgan fingerprint density at radius 3 is 2.64 bits per heavy atom. The van der Waals surface area contributed by atoms with Crippen LogP contribution < -0.4 is 5.32 Å². The SMILES string of the molecule is CC1CC[C@@H](C(C)C)[C@H](C(=O)NCC(OCCO)c2ccccc2)C1. The Morgan fingerprint density at radius 2 is 2.00 bits per heavy atom. The average molecular weight is 347 g/mol. The molecule has 2 rings (SSSR count). The van der Waals surface area contributed by atoms with Crippen molar-refractivity contribution in [3.05, 3.63) is 35.9 Å². The molecule has 0 aliphatic heterocycles. The fraction of sp³-hybridized carbons (Fsp3) is 0.667. The lowest BCUT2D eigenvalue weighted by Crippen LogP contribution is -2.41. The van der Waals surface area contributed by atoms with E-state index in [0.29, 0.717) is 24.3 Å². The van der Waals surface area contributed by atoms with Gasteiger partial charge >= 0.3 is 0 Å². The second kappa shape index (κ2) is 9.93. The average Bonchev–Trinajstić information content (AvgIpc) is 2.62. The van der Waals surface area contributed by atoms with Crippen LogP contribution in [0.25, 0.3) is 0 Å². The van der Waals surface area contributed by atoms with E-state index in [-0.39, 0.29) is 31.1 Å². The lowest BCUT2D eigenvalue weighted by atomic mass is 9.70. The van der Waals surface area contributed by atoms with Crippen LogP contribution in [0.15, 0.2) is 30.3 Å². The molecule has 1 saturated carbocycles. The summed E-state index contributed by atoms with van der Waals surface area (Å²) < 4.78 is 5.75. The van der Waals surface area contributed by atoms with Crippen molar-refractivity contribution in [1.82, 2.24) is 5.32 Å². The molecule has 1 aromatic carbocycles. The number of benzene rings is 1. The molecule has 1 aliphatic carbocycles. The van der Waals surface area contributed by atoms with E-state index in [4.69, 9.17) is 9.84 Å². The first-order valence-electron chi connectivity index (χ1n) is 9.58. The number of hydrogen-bond donors (Lipinski definition) is 2. The van der Waals surface area contributed by atoms with Crippen LogP contribution in [0.1, 0.15) is 51.7 Å². The highest BCUT2D eigenvalue weighted by Crippen LogP contribution is 2.38.